The highest BCUT2D eigenvalue weighted by Gasteiger charge is 2.32. The maximum Gasteiger partial charge on any atom is 0.230 e. The normalized spacial score (nSPS) is 20.3. The number of rotatable bonds is 11. The molecule has 0 fully saturated rings. The molecular weight excluding hydrogens is 326 g/mol. The third-order valence-corrected chi connectivity index (χ3v) is 6.44. The zero-order valence-corrected chi connectivity index (χ0v) is 17.4. The third kappa shape index (κ3) is 6.12. The Morgan fingerprint density at radius 2 is 1.88 bits per heavy atom. The number of amidine groups is 1. The minimum atomic E-state index is 0.965. The Hall–Kier alpha value is -0.840. The number of unbranched alkanes of at least 4 members (excludes halogenated alkanes) is 2. The van der Waals surface area contributed by atoms with Crippen LogP contribution in [0.4, 0.5) is 0 Å². The maximum atomic E-state index is 4.77. The molecule has 1 unspecified atom stereocenters. The summed E-state index contributed by atoms with van der Waals surface area (Å²) < 4.78 is 3.37. The molecule has 3 nitrogen and oxygen atoms in total. The number of quaternary nitrogens is 1. The summed E-state index contributed by atoms with van der Waals surface area (Å²) in [6, 6.07) is 9.17. The van der Waals surface area contributed by atoms with Gasteiger partial charge in [0.2, 0.25) is 5.84 Å². The fourth-order valence-electron chi connectivity index (χ4n) is 3.34. The van der Waals surface area contributed by atoms with Crippen molar-refractivity contribution in [1.82, 2.24) is 4.31 Å². The second-order valence-corrected chi connectivity index (χ2v) is 8.62. The van der Waals surface area contributed by atoms with Crippen LogP contribution >= 0.6 is 11.9 Å². The van der Waals surface area contributed by atoms with E-state index < -0.39 is 0 Å². The van der Waals surface area contributed by atoms with Gasteiger partial charge >= 0.3 is 0 Å². The van der Waals surface area contributed by atoms with Crippen LogP contribution in [0.2, 0.25) is 0 Å². The van der Waals surface area contributed by atoms with Gasteiger partial charge in [0.05, 0.1) is 25.7 Å². The molecule has 1 aromatic rings. The Morgan fingerprint density at radius 1 is 1.12 bits per heavy atom. The zero-order chi connectivity index (χ0) is 18.1. The minimum Gasteiger partial charge on any atom is -0.276 e. The Kier molecular flexibility index (Phi) is 8.47. The molecule has 1 aromatic carbocycles. The molecule has 0 bridgehead atoms. The highest BCUT2D eigenvalue weighted by atomic mass is 32.2. The first-order valence-corrected chi connectivity index (χ1v) is 10.9. The monoisotopic (exact) mass is 362 g/mol. The predicted octanol–water partition coefficient (Wildman–Crippen LogP) is 4.62. The van der Waals surface area contributed by atoms with E-state index in [1.54, 1.807) is 0 Å². The van der Waals surface area contributed by atoms with Crippen molar-refractivity contribution < 1.29 is 4.48 Å². The average Bonchev–Trinajstić information content (AvgIpc) is 3.02. The standard InChI is InChI=1S/C21H36N3S/c1-5-18-25-23(3)16-9-7-8-10-19-11-13-20(14-12-19)21-22-15-17-24(21,4)6-2/h11-14H,5-10,15-18H2,1-4H3/q+1. The van der Waals surface area contributed by atoms with Crippen molar-refractivity contribution in [2.75, 3.05) is 46.0 Å². The van der Waals surface area contributed by atoms with Crippen molar-refractivity contribution in [1.29, 1.82) is 0 Å². The van der Waals surface area contributed by atoms with Gasteiger partial charge in [0.25, 0.3) is 0 Å². The van der Waals surface area contributed by atoms with Crippen LogP contribution in [0, 0.1) is 0 Å². The molecule has 0 saturated heterocycles. The average molecular weight is 363 g/mol. The highest BCUT2D eigenvalue weighted by Crippen LogP contribution is 2.19. The lowest BCUT2D eigenvalue weighted by molar-refractivity contribution is -0.811. The van der Waals surface area contributed by atoms with Crippen molar-refractivity contribution in [3.8, 4) is 0 Å². The quantitative estimate of drug-likeness (QED) is 0.324. The van der Waals surface area contributed by atoms with Gasteiger partial charge in [-0.15, -0.1) is 0 Å². The first-order chi connectivity index (χ1) is 12.1. The van der Waals surface area contributed by atoms with Crippen molar-refractivity contribution in [3.63, 3.8) is 0 Å². The molecule has 140 valence electrons. The molecule has 2 rings (SSSR count). The molecule has 1 aliphatic rings. The lowest BCUT2D eigenvalue weighted by Gasteiger charge is -2.28. The van der Waals surface area contributed by atoms with Gasteiger partial charge in [-0.2, -0.15) is 0 Å². The van der Waals surface area contributed by atoms with Crippen molar-refractivity contribution >= 4 is 17.8 Å². The molecule has 0 radical (unpaired) electrons. The SMILES string of the molecule is CCCSN(C)CCCCCc1ccc(C2=NCC[N+]2(C)CC)cc1. The third-order valence-electron chi connectivity index (χ3n) is 5.23. The van der Waals surface area contributed by atoms with Crippen molar-refractivity contribution in [2.24, 2.45) is 4.99 Å². The number of aryl methyl sites for hydroxylation is 1. The Balaban J connectivity index is 1.72. The van der Waals surface area contributed by atoms with Gasteiger partial charge in [-0.3, -0.25) is 8.79 Å². The van der Waals surface area contributed by atoms with Gasteiger partial charge in [0.1, 0.15) is 6.54 Å². The van der Waals surface area contributed by atoms with E-state index in [-0.39, 0.29) is 0 Å². The van der Waals surface area contributed by atoms with E-state index >= 15 is 0 Å². The molecule has 0 amide bonds. The molecular formula is C21H36N3S+. The molecule has 0 N–H and O–H groups in total. The van der Waals surface area contributed by atoms with Gasteiger partial charge in [0, 0.05) is 12.3 Å². The Morgan fingerprint density at radius 3 is 2.56 bits per heavy atom. The second-order valence-electron chi connectivity index (χ2n) is 7.33. The van der Waals surface area contributed by atoms with Crippen LogP contribution < -0.4 is 0 Å². The summed E-state index contributed by atoms with van der Waals surface area (Å²) >= 11 is 1.97. The fraction of sp³-hybridized carbons (Fsp3) is 0.667. The van der Waals surface area contributed by atoms with Crippen LogP contribution in [0.15, 0.2) is 29.3 Å². The van der Waals surface area contributed by atoms with Gasteiger partial charge in [0.15, 0.2) is 0 Å². The largest absolute Gasteiger partial charge is 0.276 e. The van der Waals surface area contributed by atoms with Crippen LogP contribution in [-0.2, 0) is 6.42 Å². The van der Waals surface area contributed by atoms with Gasteiger partial charge in [-0.1, -0.05) is 37.4 Å². The number of aliphatic imine (C=N–C) groups is 1. The molecule has 0 saturated carbocycles. The van der Waals surface area contributed by atoms with Gasteiger partial charge in [-0.05, 0) is 57.4 Å². The zero-order valence-electron chi connectivity index (χ0n) is 16.6. The molecule has 1 aliphatic heterocycles. The molecule has 0 spiro atoms. The number of benzene rings is 1. The number of nitrogens with zero attached hydrogens (tertiary/aromatic N) is 3. The summed E-state index contributed by atoms with van der Waals surface area (Å²) in [4.78, 5) is 4.77. The number of hydrogen-bond acceptors (Lipinski definition) is 3. The van der Waals surface area contributed by atoms with E-state index in [9.17, 15) is 0 Å². The van der Waals surface area contributed by atoms with E-state index in [0.29, 0.717) is 0 Å². The molecule has 4 heteroatoms. The van der Waals surface area contributed by atoms with E-state index in [1.165, 1.54) is 61.4 Å². The van der Waals surface area contributed by atoms with E-state index in [2.05, 4.69) is 56.5 Å². The lowest BCUT2D eigenvalue weighted by Crippen LogP contribution is -2.47. The first-order valence-electron chi connectivity index (χ1n) is 9.92. The van der Waals surface area contributed by atoms with E-state index in [1.807, 2.05) is 11.9 Å². The Labute approximate surface area is 159 Å². The summed E-state index contributed by atoms with van der Waals surface area (Å²) in [7, 11) is 4.52. The van der Waals surface area contributed by atoms with E-state index in [4.69, 9.17) is 4.99 Å². The van der Waals surface area contributed by atoms with E-state index in [0.717, 1.165) is 24.1 Å². The molecule has 0 aromatic heterocycles. The van der Waals surface area contributed by atoms with Crippen LogP contribution in [0.1, 0.15) is 50.7 Å². The summed E-state index contributed by atoms with van der Waals surface area (Å²) in [5.74, 6) is 2.51. The van der Waals surface area contributed by atoms with Gasteiger partial charge in [-0.25, -0.2) is 4.99 Å². The lowest BCUT2D eigenvalue weighted by atomic mass is 10.0. The summed E-state index contributed by atoms with van der Waals surface area (Å²) in [6.07, 6.45) is 6.35. The fourth-order valence-corrected chi connectivity index (χ4v) is 4.09. The summed E-state index contributed by atoms with van der Waals surface area (Å²) in [6.45, 7) is 8.92. The molecule has 25 heavy (non-hydrogen) atoms. The van der Waals surface area contributed by atoms with Crippen molar-refractivity contribution in [2.45, 2.75) is 46.0 Å². The van der Waals surface area contributed by atoms with Crippen LogP contribution in [-0.4, -0.2) is 60.7 Å². The van der Waals surface area contributed by atoms with Gasteiger partial charge < -0.3 is 0 Å². The maximum absolute atomic E-state index is 4.77. The van der Waals surface area contributed by atoms with Crippen molar-refractivity contribution in [3.05, 3.63) is 35.4 Å². The summed E-state index contributed by atoms with van der Waals surface area (Å²) in [5.41, 5.74) is 2.77. The second kappa shape index (κ2) is 10.3. The molecule has 1 atom stereocenters. The Bertz CT molecular complexity index is 541. The highest BCUT2D eigenvalue weighted by molar-refractivity contribution is 7.96. The summed E-state index contributed by atoms with van der Waals surface area (Å²) in [5, 5.41) is 0. The number of likely N-dealkylation sites (N-methyl/N-ethyl adjacent to an activating group) is 1. The topological polar surface area (TPSA) is 15.6 Å². The smallest absolute Gasteiger partial charge is 0.230 e. The predicted molar refractivity (Wildman–Crippen MR) is 112 cm³/mol. The molecule has 1 heterocycles. The molecule has 0 aliphatic carbocycles. The first kappa shape index (κ1) is 20.5. The van der Waals surface area contributed by atoms with Crippen LogP contribution in [0.25, 0.3) is 0 Å². The number of hydrogen-bond donors (Lipinski definition) is 0. The van der Waals surface area contributed by atoms with Crippen LogP contribution in [0.3, 0.4) is 0 Å². The minimum absolute atomic E-state index is 0.965. The van der Waals surface area contributed by atoms with Crippen LogP contribution in [0.5, 0.6) is 0 Å².